The fourth-order valence-corrected chi connectivity index (χ4v) is 2.92. The maximum absolute atomic E-state index is 12.7. The van der Waals surface area contributed by atoms with Crippen molar-refractivity contribution in [1.29, 1.82) is 0 Å². The summed E-state index contributed by atoms with van der Waals surface area (Å²) in [6.07, 6.45) is 3.28. The number of pyridine rings is 1. The van der Waals surface area contributed by atoms with Gasteiger partial charge in [0.1, 0.15) is 6.04 Å². The Kier molecular flexibility index (Phi) is 7.74. The first-order chi connectivity index (χ1) is 15.5. The third-order valence-electron chi connectivity index (χ3n) is 4.51. The first-order valence-electron chi connectivity index (χ1n) is 9.82. The summed E-state index contributed by atoms with van der Waals surface area (Å²) in [5.74, 6) is -0.860. The van der Waals surface area contributed by atoms with Gasteiger partial charge in [0.25, 0.3) is 11.6 Å². The smallest absolute Gasteiger partial charge is 0.269 e. The van der Waals surface area contributed by atoms with Crippen molar-refractivity contribution >= 4 is 23.7 Å². The highest BCUT2D eigenvalue weighted by Gasteiger charge is 2.21. The van der Waals surface area contributed by atoms with E-state index >= 15 is 0 Å². The summed E-state index contributed by atoms with van der Waals surface area (Å²) >= 11 is 0. The molecule has 0 aliphatic heterocycles. The summed E-state index contributed by atoms with van der Waals surface area (Å²) in [5, 5.41) is 17.4. The maximum atomic E-state index is 12.7. The number of carbonyl (C=O) groups excluding carboxylic acids is 2. The van der Waals surface area contributed by atoms with Crippen molar-refractivity contribution in [1.82, 2.24) is 15.7 Å². The monoisotopic (exact) mass is 431 g/mol. The molecule has 0 spiro atoms. The predicted molar refractivity (Wildman–Crippen MR) is 119 cm³/mol. The molecule has 9 nitrogen and oxygen atoms in total. The predicted octanol–water partition coefficient (Wildman–Crippen LogP) is 2.41. The number of nitro groups is 1. The van der Waals surface area contributed by atoms with E-state index in [9.17, 15) is 19.7 Å². The molecule has 9 heteroatoms. The van der Waals surface area contributed by atoms with Crippen molar-refractivity contribution in [3.05, 3.63) is 106 Å². The number of nitrogens with zero attached hydrogens (tertiary/aromatic N) is 3. The molecule has 1 atom stereocenters. The number of hydrogen-bond donors (Lipinski definition) is 2. The summed E-state index contributed by atoms with van der Waals surface area (Å²) in [4.78, 5) is 39.6. The molecular formula is C23H21N5O4. The van der Waals surface area contributed by atoms with Crippen molar-refractivity contribution in [2.75, 3.05) is 0 Å². The molecule has 32 heavy (non-hydrogen) atoms. The van der Waals surface area contributed by atoms with Crippen molar-refractivity contribution in [2.24, 2.45) is 5.10 Å². The molecule has 1 aromatic heterocycles. The summed E-state index contributed by atoms with van der Waals surface area (Å²) in [7, 11) is 0. The number of nitrogens with one attached hydrogen (secondary N) is 2. The second kappa shape index (κ2) is 11.1. The first kappa shape index (κ1) is 22.3. The standard InChI is InChI=1S/C23H21N5O4/c29-22(15-18-9-11-20(12-10-18)28(31)32)26-21(14-17-6-2-1-3-7-17)23(30)27-25-16-19-8-4-5-13-24-19/h1-13,16,21H,14-15H2,(H,26,29)(H,27,30)/b25-16+/t21-/m1/s1. The van der Waals surface area contributed by atoms with Crippen LogP contribution in [0.3, 0.4) is 0 Å². The van der Waals surface area contributed by atoms with Crippen LogP contribution in [0, 0.1) is 10.1 Å². The molecule has 0 bridgehead atoms. The Balaban J connectivity index is 1.66. The molecule has 0 saturated heterocycles. The second-order valence-corrected chi connectivity index (χ2v) is 6.90. The van der Waals surface area contributed by atoms with Gasteiger partial charge in [-0.2, -0.15) is 5.10 Å². The molecule has 0 radical (unpaired) electrons. The molecule has 0 aliphatic carbocycles. The van der Waals surface area contributed by atoms with Gasteiger partial charge in [0, 0.05) is 24.8 Å². The number of non-ortho nitro benzene ring substituents is 1. The molecule has 0 unspecified atom stereocenters. The molecule has 3 rings (SSSR count). The van der Waals surface area contributed by atoms with Crippen LogP contribution in [0.15, 0.2) is 84.1 Å². The van der Waals surface area contributed by atoms with Gasteiger partial charge in [-0.1, -0.05) is 48.5 Å². The number of benzene rings is 2. The lowest BCUT2D eigenvalue weighted by molar-refractivity contribution is -0.384. The number of aromatic nitrogens is 1. The average molecular weight is 431 g/mol. The molecule has 3 aromatic rings. The minimum absolute atomic E-state index is 0.0201. The number of rotatable bonds is 9. The van der Waals surface area contributed by atoms with Gasteiger partial charge >= 0.3 is 0 Å². The Morgan fingerprint density at radius 3 is 2.38 bits per heavy atom. The van der Waals surface area contributed by atoms with E-state index in [0.29, 0.717) is 11.3 Å². The zero-order chi connectivity index (χ0) is 22.8. The Hall–Kier alpha value is -4.40. The largest absolute Gasteiger partial charge is 0.344 e. The molecule has 0 saturated carbocycles. The molecule has 2 N–H and O–H groups in total. The molecule has 0 fully saturated rings. The normalized spacial score (nSPS) is 11.6. The quantitative estimate of drug-likeness (QED) is 0.306. The first-order valence-corrected chi connectivity index (χ1v) is 9.82. The summed E-state index contributed by atoms with van der Waals surface area (Å²) in [6, 6.07) is 19.4. The van der Waals surface area contributed by atoms with E-state index in [-0.39, 0.29) is 24.4 Å². The Morgan fingerprint density at radius 2 is 1.72 bits per heavy atom. The summed E-state index contributed by atoms with van der Waals surface area (Å²) in [5.41, 5.74) is 4.43. The lowest BCUT2D eigenvalue weighted by Gasteiger charge is -2.17. The number of hydrazone groups is 1. The number of carbonyl (C=O) groups is 2. The highest BCUT2D eigenvalue weighted by Crippen LogP contribution is 2.12. The average Bonchev–Trinajstić information content (AvgIpc) is 2.80. The second-order valence-electron chi connectivity index (χ2n) is 6.90. The van der Waals surface area contributed by atoms with Crippen LogP contribution in [0.25, 0.3) is 0 Å². The van der Waals surface area contributed by atoms with Crippen LogP contribution < -0.4 is 10.7 Å². The summed E-state index contributed by atoms with van der Waals surface area (Å²) in [6.45, 7) is 0. The van der Waals surface area contributed by atoms with Crippen LogP contribution >= 0.6 is 0 Å². The van der Waals surface area contributed by atoms with E-state index in [4.69, 9.17) is 0 Å². The van der Waals surface area contributed by atoms with Crippen LogP contribution in [-0.2, 0) is 22.4 Å². The van der Waals surface area contributed by atoms with Crippen molar-refractivity contribution < 1.29 is 14.5 Å². The minimum Gasteiger partial charge on any atom is -0.344 e. The van der Waals surface area contributed by atoms with Gasteiger partial charge in [-0.25, -0.2) is 5.43 Å². The molecule has 1 heterocycles. The van der Waals surface area contributed by atoms with Crippen molar-refractivity contribution in [2.45, 2.75) is 18.9 Å². The third-order valence-corrected chi connectivity index (χ3v) is 4.51. The lowest BCUT2D eigenvalue weighted by Crippen LogP contribution is -2.47. The van der Waals surface area contributed by atoms with E-state index in [1.165, 1.54) is 30.5 Å². The van der Waals surface area contributed by atoms with Gasteiger partial charge in [0.15, 0.2) is 0 Å². The highest BCUT2D eigenvalue weighted by atomic mass is 16.6. The molecular weight excluding hydrogens is 410 g/mol. The highest BCUT2D eigenvalue weighted by molar-refractivity contribution is 5.89. The lowest BCUT2D eigenvalue weighted by atomic mass is 10.0. The van der Waals surface area contributed by atoms with Crippen LogP contribution in [0.4, 0.5) is 5.69 Å². The Labute approximate surface area is 184 Å². The van der Waals surface area contributed by atoms with Gasteiger partial charge in [0.2, 0.25) is 5.91 Å². The SMILES string of the molecule is O=C(Cc1ccc([N+](=O)[O-])cc1)N[C@H](Cc1ccccc1)C(=O)N/N=C/c1ccccn1. The van der Waals surface area contributed by atoms with Crippen LogP contribution in [-0.4, -0.2) is 34.0 Å². The fourth-order valence-electron chi connectivity index (χ4n) is 2.92. The van der Waals surface area contributed by atoms with Crippen LogP contribution in [0.2, 0.25) is 0 Å². The third kappa shape index (κ3) is 6.84. The van der Waals surface area contributed by atoms with Crippen molar-refractivity contribution in [3.63, 3.8) is 0 Å². The Morgan fingerprint density at radius 1 is 1.00 bits per heavy atom. The van der Waals surface area contributed by atoms with E-state index in [0.717, 1.165) is 5.56 Å². The number of nitro benzene ring substituents is 1. The van der Waals surface area contributed by atoms with E-state index < -0.39 is 16.9 Å². The van der Waals surface area contributed by atoms with Crippen LogP contribution in [0.1, 0.15) is 16.8 Å². The van der Waals surface area contributed by atoms with Gasteiger partial charge in [-0.05, 0) is 23.3 Å². The zero-order valence-corrected chi connectivity index (χ0v) is 17.0. The van der Waals surface area contributed by atoms with Crippen LogP contribution in [0.5, 0.6) is 0 Å². The molecule has 0 aliphatic rings. The zero-order valence-electron chi connectivity index (χ0n) is 17.0. The molecule has 2 aromatic carbocycles. The minimum atomic E-state index is -0.858. The number of hydrogen-bond acceptors (Lipinski definition) is 6. The van der Waals surface area contributed by atoms with E-state index in [1.54, 1.807) is 24.4 Å². The van der Waals surface area contributed by atoms with Gasteiger partial charge in [-0.3, -0.25) is 24.7 Å². The molecule has 162 valence electrons. The van der Waals surface area contributed by atoms with Crippen molar-refractivity contribution in [3.8, 4) is 0 Å². The number of amides is 2. The van der Waals surface area contributed by atoms with E-state index in [1.807, 2.05) is 30.3 Å². The topological polar surface area (TPSA) is 127 Å². The molecule has 2 amide bonds. The maximum Gasteiger partial charge on any atom is 0.269 e. The van der Waals surface area contributed by atoms with Gasteiger partial charge in [0.05, 0.1) is 23.3 Å². The Bertz CT molecular complexity index is 1090. The van der Waals surface area contributed by atoms with E-state index in [2.05, 4.69) is 20.8 Å². The summed E-state index contributed by atoms with van der Waals surface area (Å²) < 4.78 is 0. The fraction of sp³-hybridized carbons (Fsp3) is 0.130. The van der Waals surface area contributed by atoms with Gasteiger partial charge in [-0.15, -0.1) is 0 Å². The van der Waals surface area contributed by atoms with Gasteiger partial charge < -0.3 is 5.32 Å².